The van der Waals surface area contributed by atoms with Crippen LogP contribution in [0.25, 0.3) is 0 Å². The van der Waals surface area contributed by atoms with Crippen molar-refractivity contribution in [2.75, 3.05) is 6.61 Å². The molecular formula is C17H30O2. The highest BCUT2D eigenvalue weighted by atomic mass is 16.5. The molecule has 2 heteroatoms. The summed E-state index contributed by atoms with van der Waals surface area (Å²) in [6.45, 7) is 2.84. The molecule has 2 nitrogen and oxygen atoms in total. The predicted octanol–water partition coefficient (Wildman–Crippen LogP) is 5.03. The first-order valence-corrected chi connectivity index (χ1v) is 8.12. The molecule has 1 aliphatic heterocycles. The Kier molecular flexibility index (Phi) is 9.48. The highest BCUT2D eigenvalue weighted by molar-refractivity contribution is 5.81. The number of carbonyl (C=O) groups is 1. The van der Waals surface area contributed by atoms with Gasteiger partial charge in [0.2, 0.25) is 0 Å². The van der Waals surface area contributed by atoms with Crippen LogP contribution in [-0.2, 0) is 9.53 Å². The summed E-state index contributed by atoms with van der Waals surface area (Å²) >= 11 is 0. The van der Waals surface area contributed by atoms with E-state index in [4.69, 9.17) is 4.74 Å². The van der Waals surface area contributed by atoms with E-state index in [1.165, 1.54) is 57.8 Å². The average Bonchev–Trinajstić information content (AvgIpc) is 2.39. The third kappa shape index (κ3) is 9.75. The van der Waals surface area contributed by atoms with Crippen LogP contribution >= 0.6 is 0 Å². The van der Waals surface area contributed by atoms with Gasteiger partial charge in [0.15, 0.2) is 0 Å². The van der Waals surface area contributed by atoms with Gasteiger partial charge in [0, 0.05) is 6.08 Å². The largest absolute Gasteiger partial charge is 0.463 e. The summed E-state index contributed by atoms with van der Waals surface area (Å²) in [6, 6.07) is 0. The Hall–Kier alpha value is -0.790. The molecule has 0 saturated carbocycles. The lowest BCUT2D eigenvalue weighted by Crippen LogP contribution is -2.06. The summed E-state index contributed by atoms with van der Waals surface area (Å²) in [7, 11) is 0. The average molecular weight is 266 g/mol. The third-order valence-electron chi connectivity index (χ3n) is 3.93. The molecule has 0 aromatic carbocycles. The fourth-order valence-electron chi connectivity index (χ4n) is 2.55. The molecule has 19 heavy (non-hydrogen) atoms. The van der Waals surface area contributed by atoms with E-state index in [2.05, 4.69) is 6.92 Å². The molecular weight excluding hydrogens is 236 g/mol. The number of esters is 1. The van der Waals surface area contributed by atoms with E-state index in [9.17, 15) is 4.79 Å². The van der Waals surface area contributed by atoms with E-state index < -0.39 is 0 Å². The number of hydrogen-bond donors (Lipinski definition) is 0. The first kappa shape index (κ1) is 16.3. The second kappa shape index (κ2) is 11.1. The fourth-order valence-corrected chi connectivity index (χ4v) is 2.55. The standard InChI is InChI=1S/C17H30O2/c1-16-12-10-8-6-4-2-3-5-7-9-11-13-17(18)19-15-14-16/h11,13,16H,2-10,12,14-15H2,1H3. The summed E-state index contributed by atoms with van der Waals surface area (Å²) in [6.07, 6.45) is 17.5. The van der Waals surface area contributed by atoms with Crippen LogP contribution in [0.2, 0.25) is 0 Å². The molecule has 0 fully saturated rings. The minimum absolute atomic E-state index is 0.170. The molecule has 0 spiro atoms. The zero-order chi connectivity index (χ0) is 13.8. The minimum Gasteiger partial charge on any atom is -0.463 e. The Morgan fingerprint density at radius 2 is 1.58 bits per heavy atom. The van der Waals surface area contributed by atoms with Gasteiger partial charge in [0.1, 0.15) is 0 Å². The molecule has 1 rings (SSSR count). The number of carbonyl (C=O) groups excluding carboxylic acids is 1. The lowest BCUT2D eigenvalue weighted by Gasteiger charge is -2.10. The monoisotopic (exact) mass is 266 g/mol. The Balaban J connectivity index is 2.27. The van der Waals surface area contributed by atoms with Crippen molar-refractivity contribution >= 4 is 5.97 Å². The van der Waals surface area contributed by atoms with Crippen LogP contribution < -0.4 is 0 Å². The molecule has 0 bridgehead atoms. The second-order valence-corrected chi connectivity index (χ2v) is 5.87. The van der Waals surface area contributed by atoms with E-state index in [1.54, 1.807) is 6.08 Å². The maximum absolute atomic E-state index is 11.4. The Bertz CT molecular complexity index is 258. The van der Waals surface area contributed by atoms with Gasteiger partial charge in [0.05, 0.1) is 6.61 Å². The summed E-state index contributed by atoms with van der Waals surface area (Å²) in [5.41, 5.74) is 0. The van der Waals surface area contributed by atoms with Gasteiger partial charge in [-0.15, -0.1) is 0 Å². The molecule has 0 saturated heterocycles. The smallest absolute Gasteiger partial charge is 0.330 e. The zero-order valence-electron chi connectivity index (χ0n) is 12.5. The van der Waals surface area contributed by atoms with E-state index in [0.29, 0.717) is 12.5 Å². The van der Waals surface area contributed by atoms with Crippen LogP contribution in [0.15, 0.2) is 12.2 Å². The van der Waals surface area contributed by atoms with Crippen LogP contribution in [0.1, 0.15) is 77.6 Å². The molecule has 1 atom stereocenters. The number of hydrogen-bond acceptors (Lipinski definition) is 2. The lowest BCUT2D eigenvalue weighted by atomic mass is 9.99. The van der Waals surface area contributed by atoms with Crippen molar-refractivity contribution in [1.29, 1.82) is 0 Å². The lowest BCUT2D eigenvalue weighted by molar-refractivity contribution is -0.138. The highest BCUT2D eigenvalue weighted by Gasteiger charge is 2.04. The molecule has 0 N–H and O–H groups in total. The number of allylic oxidation sites excluding steroid dienone is 1. The molecule has 0 aromatic heterocycles. The summed E-state index contributed by atoms with van der Waals surface area (Å²) in [5, 5.41) is 0. The molecule has 0 radical (unpaired) electrons. The van der Waals surface area contributed by atoms with Gasteiger partial charge in [-0.3, -0.25) is 0 Å². The molecule has 1 aliphatic rings. The third-order valence-corrected chi connectivity index (χ3v) is 3.93. The van der Waals surface area contributed by atoms with E-state index in [-0.39, 0.29) is 5.97 Å². The number of ether oxygens (including phenoxy) is 1. The van der Waals surface area contributed by atoms with Crippen molar-refractivity contribution in [3.8, 4) is 0 Å². The van der Waals surface area contributed by atoms with Crippen LogP contribution in [-0.4, -0.2) is 12.6 Å². The molecule has 0 amide bonds. The normalized spacial score (nSPS) is 25.5. The maximum atomic E-state index is 11.4. The van der Waals surface area contributed by atoms with Gasteiger partial charge in [-0.05, 0) is 25.2 Å². The zero-order valence-corrected chi connectivity index (χ0v) is 12.5. The van der Waals surface area contributed by atoms with Gasteiger partial charge in [-0.2, -0.15) is 0 Å². The van der Waals surface area contributed by atoms with E-state index in [1.807, 2.05) is 6.08 Å². The van der Waals surface area contributed by atoms with E-state index >= 15 is 0 Å². The maximum Gasteiger partial charge on any atom is 0.330 e. The van der Waals surface area contributed by atoms with Crippen molar-refractivity contribution in [3.05, 3.63) is 12.2 Å². The first-order valence-electron chi connectivity index (χ1n) is 8.12. The second-order valence-electron chi connectivity index (χ2n) is 5.87. The van der Waals surface area contributed by atoms with Crippen LogP contribution in [0, 0.1) is 5.92 Å². The van der Waals surface area contributed by atoms with Crippen molar-refractivity contribution < 1.29 is 9.53 Å². The van der Waals surface area contributed by atoms with E-state index in [0.717, 1.165) is 12.8 Å². The van der Waals surface area contributed by atoms with Crippen molar-refractivity contribution in [3.63, 3.8) is 0 Å². The Labute approximate surface area is 118 Å². The number of rotatable bonds is 0. The van der Waals surface area contributed by atoms with Gasteiger partial charge in [-0.25, -0.2) is 4.79 Å². The molecule has 0 aromatic rings. The molecule has 110 valence electrons. The summed E-state index contributed by atoms with van der Waals surface area (Å²) < 4.78 is 5.21. The minimum atomic E-state index is -0.170. The van der Waals surface area contributed by atoms with Crippen LogP contribution in [0.4, 0.5) is 0 Å². The van der Waals surface area contributed by atoms with Gasteiger partial charge in [0.25, 0.3) is 0 Å². The predicted molar refractivity (Wildman–Crippen MR) is 80.1 cm³/mol. The fraction of sp³-hybridized carbons (Fsp3) is 0.824. The van der Waals surface area contributed by atoms with Gasteiger partial charge < -0.3 is 4.74 Å². The molecule has 1 heterocycles. The first-order chi connectivity index (χ1) is 9.29. The van der Waals surface area contributed by atoms with Gasteiger partial charge in [-0.1, -0.05) is 64.4 Å². The highest BCUT2D eigenvalue weighted by Crippen LogP contribution is 2.16. The van der Waals surface area contributed by atoms with Crippen LogP contribution in [0.5, 0.6) is 0 Å². The molecule has 0 aliphatic carbocycles. The summed E-state index contributed by atoms with van der Waals surface area (Å²) in [5.74, 6) is 0.504. The van der Waals surface area contributed by atoms with Crippen molar-refractivity contribution in [1.82, 2.24) is 0 Å². The summed E-state index contributed by atoms with van der Waals surface area (Å²) in [4.78, 5) is 11.4. The van der Waals surface area contributed by atoms with Crippen molar-refractivity contribution in [2.24, 2.45) is 5.92 Å². The SMILES string of the molecule is CC1CCCCCCCCCCC=CC(=O)OCC1. The van der Waals surface area contributed by atoms with Crippen LogP contribution in [0.3, 0.4) is 0 Å². The van der Waals surface area contributed by atoms with Gasteiger partial charge >= 0.3 is 5.97 Å². The number of cyclic esters (lactones) is 1. The molecule has 1 unspecified atom stereocenters. The Morgan fingerprint density at radius 1 is 0.947 bits per heavy atom. The quantitative estimate of drug-likeness (QED) is 0.575. The topological polar surface area (TPSA) is 26.3 Å². The Morgan fingerprint density at radius 3 is 2.32 bits per heavy atom. The van der Waals surface area contributed by atoms with Crippen molar-refractivity contribution in [2.45, 2.75) is 77.6 Å².